The van der Waals surface area contributed by atoms with E-state index in [-0.39, 0.29) is 5.82 Å². The molecule has 114 valence electrons. The van der Waals surface area contributed by atoms with Crippen LogP contribution in [0.2, 0.25) is 0 Å². The maximum Gasteiger partial charge on any atom is 0.132 e. The molecule has 0 spiro atoms. The lowest BCUT2D eigenvalue weighted by atomic mass is 9.89. The quantitative estimate of drug-likeness (QED) is 0.896. The number of hydrogen-bond acceptors (Lipinski definition) is 3. The van der Waals surface area contributed by atoms with Gasteiger partial charge in [0.05, 0.1) is 12.7 Å². The molecule has 1 aliphatic rings. The Hall–Kier alpha value is -0.970. The smallest absolute Gasteiger partial charge is 0.132 e. The number of thiophene rings is 1. The Morgan fingerprint density at radius 1 is 1.38 bits per heavy atom. The number of hydrogen-bond donors (Lipinski definition) is 1. The molecule has 1 fully saturated rings. The van der Waals surface area contributed by atoms with E-state index in [1.165, 1.54) is 18.9 Å². The molecule has 21 heavy (non-hydrogen) atoms. The summed E-state index contributed by atoms with van der Waals surface area (Å²) in [5, 5.41) is 0.701. The predicted octanol–water partition coefficient (Wildman–Crippen LogP) is 4.59. The van der Waals surface area contributed by atoms with Gasteiger partial charge in [0.1, 0.15) is 5.82 Å². The molecule has 2 aromatic rings. The molecule has 2 N–H and O–H groups in total. The highest BCUT2D eigenvalue weighted by atomic mass is 32.1. The molecule has 0 aliphatic heterocycles. The Morgan fingerprint density at radius 3 is 3.00 bits per heavy atom. The number of nitrogens with two attached hydrogens (primary N) is 1. The Labute approximate surface area is 129 Å². The fraction of sp³-hybridized carbons (Fsp3) is 0.529. The van der Waals surface area contributed by atoms with E-state index in [9.17, 15) is 4.39 Å². The molecule has 0 radical (unpaired) electrons. The van der Waals surface area contributed by atoms with Gasteiger partial charge in [0.2, 0.25) is 0 Å². The summed E-state index contributed by atoms with van der Waals surface area (Å²) in [5.41, 5.74) is 6.78. The molecule has 4 heteroatoms. The highest BCUT2D eigenvalue weighted by Crippen LogP contribution is 2.34. The van der Waals surface area contributed by atoms with Gasteiger partial charge in [0.15, 0.2) is 0 Å². The predicted molar refractivity (Wildman–Crippen MR) is 85.9 cm³/mol. The summed E-state index contributed by atoms with van der Waals surface area (Å²) in [5.74, 6) is 0.563. The first kappa shape index (κ1) is 14.9. The fourth-order valence-electron chi connectivity index (χ4n) is 3.26. The highest BCUT2D eigenvalue weighted by Gasteiger charge is 2.21. The van der Waals surface area contributed by atoms with Crippen molar-refractivity contribution in [1.29, 1.82) is 0 Å². The molecular formula is C17H22FNOS. The van der Waals surface area contributed by atoms with Gasteiger partial charge in [-0.05, 0) is 30.9 Å². The van der Waals surface area contributed by atoms with E-state index in [0.29, 0.717) is 24.6 Å². The zero-order valence-electron chi connectivity index (χ0n) is 12.4. The maximum atomic E-state index is 14.1. The van der Waals surface area contributed by atoms with Gasteiger partial charge in [-0.25, -0.2) is 4.39 Å². The third-order valence-electron chi connectivity index (χ3n) is 4.38. The van der Waals surface area contributed by atoms with Crippen molar-refractivity contribution >= 4 is 21.4 Å². The van der Waals surface area contributed by atoms with Crippen molar-refractivity contribution in [3.8, 4) is 0 Å². The van der Waals surface area contributed by atoms with E-state index in [0.717, 1.165) is 33.9 Å². The van der Waals surface area contributed by atoms with E-state index in [1.807, 2.05) is 6.07 Å². The van der Waals surface area contributed by atoms with E-state index in [2.05, 4.69) is 6.92 Å². The van der Waals surface area contributed by atoms with Gasteiger partial charge < -0.3 is 10.5 Å². The fourth-order valence-corrected chi connectivity index (χ4v) is 4.37. The van der Waals surface area contributed by atoms with Crippen LogP contribution in [0.1, 0.15) is 43.0 Å². The van der Waals surface area contributed by atoms with Gasteiger partial charge in [-0.15, -0.1) is 11.3 Å². The van der Waals surface area contributed by atoms with E-state index >= 15 is 0 Å². The van der Waals surface area contributed by atoms with Crippen LogP contribution in [0.3, 0.4) is 0 Å². The Balaban J connectivity index is 1.82. The lowest BCUT2D eigenvalue weighted by Crippen LogP contribution is -2.21. The summed E-state index contributed by atoms with van der Waals surface area (Å²) in [6, 6.07) is 5.22. The summed E-state index contributed by atoms with van der Waals surface area (Å²) in [7, 11) is 0. The summed E-state index contributed by atoms with van der Waals surface area (Å²) in [6.07, 6.45) is 5.06. The van der Waals surface area contributed by atoms with Crippen LogP contribution in [0.5, 0.6) is 0 Å². The molecule has 1 aromatic heterocycles. The summed E-state index contributed by atoms with van der Waals surface area (Å²) in [6.45, 7) is 3.20. The van der Waals surface area contributed by atoms with Gasteiger partial charge in [0, 0.05) is 27.1 Å². The minimum Gasteiger partial charge on any atom is -0.373 e. The van der Waals surface area contributed by atoms with Crippen molar-refractivity contribution < 1.29 is 9.13 Å². The highest BCUT2D eigenvalue weighted by molar-refractivity contribution is 7.19. The SMILES string of the molecule is CC1CCCC(OCc2c(CN)sc3cccc(F)c23)C1. The van der Waals surface area contributed by atoms with Crippen LogP contribution in [-0.4, -0.2) is 6.10 Å². The normalized spacial score (nSPS) is 22.8. The largest absolute Gasteiger partial charge is 0.373 e. The van der Waals surface area contributed by atoms with Crippen LogP contribution in [0, 0.1) is 11.7 Å². The van der Waals surface area contributed by atoms with Crippen molar-refractivity contribution in [1.82, 2.24) is 0 Å². The molecule has 1 aromatic carbocycles. The summed E-state index contributed by atoms with van der Waals surface area (Å²) < 4.78 is 21.2. The van der Waals surface area contributed by atoms with Gasteiger partial charge >= 0.3 is 0 Å². The molecule has 2 unspecified atom stereocenters. The molecule has 0 amide bonds. The summed E-state index contributed by atoms with van der Waals surface area (Å²) >= 11 is 1.58. The third-order valence-corrected chi connectivity index (χ3v) is 5.60. The number of fused-ring (bicyclic) bond motifs is 1. The number of rotatable bonds is 4. The standard InChI is InChI=1S/C17H22FNOS/c1-11-4-2-5-12(8-11)20-10-13-16(9-19)21-15-7-3-6-14(18)17(13)15/h3,6-7,11-12H,2,4-5,8-10,19H2,1H3. The molecule has 1 saturated carbocycles. The number of halogens is 1. The number of benzene rings is 1. The van der Waals surface area contributed by atoms with Crippen LogP contribution < -0.4 is 5.73 Å². The topological polar surface area (TPSA) is 35.2 Å². The first-order valence-corrected chi connectivity index (χ1v) is 8.51. The molecule has 1 aliphatic carbocycles. The minimum atomic E-state index is -0.168. The van der Waals surface area contributed by atoms with Crippen molar-refractivity contribution in [3.63, 3.8) is 0 Å². The molecule has 3 rings (SSSR count). The lowest BCUT2D eigenvalue weighted by Gasteiger charge is -2.26. The first-order valence-electron chi connectivity index (χ1n) is 7.69. The van der Waals surface area contributed by atoms with Crippen LogP contribution in [0.15, 0.2) is 18.2 Å². The van der Waals surface area contributed by atoms with Gasteiger partial charge in [-0.3, -0.25) is 0 Å². The Bertz CT molecular complexity index is 625. The lowest BCUT2D eigenvalue weighted by molar-refractivity contribution is 0.00499. The van der Waals surface area contributed by atoms with E-state index in [1.54, 1.807) is 17.4 Å². The zero-order chi connectivity index (χ0) is 14.8. The Kier molecular flexibility index (Phi) is 4.57. The second-order valence-corrected chi connectivity index (χ2v) is 7.16. The number of ether oxygens (including phenoxy) is 1. The van der Waals surface area contributed by atoms with Crippen molar-refractivity contribution in [2.24, 2.45) is 11.7 Å². The maximum absolute atomic E-state index is 14.1. The average molecular weight is 307 g/mol. The van der Waals surface area contributed by atoms with Crippen LogP contribution in [0.4, 0.5) is 4.39 Å². The van der Waals surface area contributed by atoms with Gasteiger partial charge in [0.25, 0.3) is 0 Å². The van der Waals surface area contributed by atoms with E-state index < -0.39 is 0 Å². The second kappa shape index (κ2) is 6.42. The monoisotopic (exact) mass is 307 g/mol. The zero-order valence-corrected chi connectivity index (χ0v) is 13.2. The minimum absolute atomic E-state index is 0.168. The van der Waals surface area contributed by atoms with Crippen molar-refractivity contribution in [2.75, 3.05) is 0 Å². The molecule has 0 saturated heterocycles. The summed E-state index contributed by atoms with van der Waals surface area (Å²) in [4.78, 5) is 1.04. The van der Waals surface area contributed by atoms with Gasteiger partial charge in [-0.1, -0.05) is 25.8 Å². The first-order chi connectivity index (χ1) is 10.2. The van der Waals surface area contributed by atoms with Crippen LogP contribution >= 0.6 is 11.3 Å². The second-order valence-electron chi connectivity index (χ2n) is 6.03. The molecule has 0 bridgehead atoms. The third kappa shape index (κ3) is 3.12. The molecule has 1 heterocycles. The molecular weight excluding hydrogens is 285 g/mol. The molecule has 2 nitrogen and oxygen atoms in total. The van der Waals surface area contributed by atoms with E-state index in [4.69, 9.17) is 10.5 Å². The Morgan fingerprint density at radius 2 is 2.24 bits per heavy atom. The van der Waals surface area contributed by atoms with Gasteiger partial charge in [-0.2, -0.15) is 0 Å². The molecule has 2 atom stereocenters. The van der Waals surface area contributed by atoms with Crippen LogP contribution in [0.25, 0.3) is 10.1 Å². The van der Waals surface area contributed by atoms with Crippen molar-refractivity contribution in [2.45, 2.75) is 51.9 Å². The van der Waals surface area contributed by atoms with Crippen LogP contribution in [-0.2, 0) is 17.9 Å². The average Bonchev–Trinajstić information content (AvgIpc) is 2.84. The van der Waals surface area contributed by atoms with Crippen molar-refractivity contribution in [3.05, 3.63) is 34.5 Å².